The van der Waals surface area contributed by atoms with Crippen molar-refractivity contribution < 1.29 is 32.5 Å². The molecular formula is C18H21ClN2O4S. The minimum atomic E-state index is -0.585. The predicted molar refractivity (Wildman–Crippen MR) is 97.3 cm³/mol. The second-order valence-electron chi connectivity index (χ2n) is 5.72. The Balaban J connectivity index is 0.00000338. The molecule has 26 heavy (non-hydrogen) atoms. The van der Waals surface area contributed by atoms with Crippen molar-refractivity contribution in [2.24, 2.45) is 0 Å². The smallest absolute Gasteiger partial charge is 0.324 e. The normalized spacial score (nSPS) is 13.2. The third-order valence-corrected chi connectivity index (χ3v) is 4.80. The van der Waals surface area contributed by atoms with E-state index in [4.69, 9.17) is 0 Å². The van der Waals surface area contributed by atoms with E-state index in [0.29, 0.717) is 17.8 Å². The van der Waals surface area contributed by atoms with Crippen molar-refractivity contribution in [2.75, 3.05) is 6.54 Å². The molecule has 2 atom stereocenters. The Morgan fingerprint density at radius 2 is 2.00 bits per heavy atom. The summed E-state index contributed by atoms with van der Waals surface area (Å²) < 4.78 is 0. The molecule has 8 heteroatoms. The number of aliphatic hydroxyl groups is 1. The quantitative estimate of drug-likeness (QED) is 0.333. The van der Waals surface area contributed by atoms with Crippen LogP contribution in [-0.4, -0.2) is 28.4 Å². The number of quaternary nitrogens is 1. The summed E-state index contributed by atoms with van der Waals surface area (Å²) in [5, 5.41) is 22.9. The van der Waals surface area contributed by atoms with Gasteiger partial charge in [-0.15, -0.1) is 0 Å². The molecular weight excluding hydrogens is 376 g/mol. The van der Waals surface area contributed by atoms with Crippen molar-refractivity contribution in [3.05, 3.63) is 69.1 Å². The Morgan fingerprint density at radius 3 is 2.62 bits per heavy atom. The van der Waals surface area contributed by atoms with Crippen molar-refractivity contribution >= 4 is 28.2 Å². The van der Waals surface area contributed by atoms with Crippen LogP contribution in [-0.2, 0) is 4.79 Å². The van der Waals surface area contributed by atoms with Gasteiger partial charge in [-0.05, 0) is 30.7 Å². The van der Waals surface area contributed by atoms with Crippen LogP contribution in [0.2, 0.25) is 0 Å². The molecule has 1 aromatic heterocycles. The van der Waals surface area contributed by atoms with Crippen molar-refractivity contribution in [1.29, 1.82) is 0 Å². The molecule has 0 fully saturated rings. The van der Waals surface area contributed by atoms with E-state index >= 15 is 0 Å². The van der Waals surface area contributed by atoms with Gasteiger partial charge in [-0.25, -0.2) is 0 Å². The number of hydrogen-bond acceptors (Lipinski definition) is 5. The summed E-state index contributed by atoms with van der Waals surface area (Å²) in [5.74, 6) is -0.0475. The fourth-order valence-corrected chi connectivity index (χ4v) is 3.08. The largest absolute Gasteiger partial charge is 1.00 e. The van der Waals surface area contributed by atoms with Crippen LogP contribution in [0, 0.1) is 10.1 Å². The first-order valence-electron chi connectivity index (χ1n) is 7.99. The number of rotatable bonds is 9. The first kappa shape index (κ1) is 22.0. The molecule has 2 unspecified atom stereocenters. The monoisotopic (exact) mass is 396 g/mol. The molecule has 2 rings (SSSR count). The maximum atomic E-state index is 11.9. The van der Waals surface area contributed by atoms with Crippen LogP contribution in [0.3, 0.4) is 0 Å². The van der Waals surface area contributed by atoms with Gasteiger partial charge in [0.15, 0.2) is 5.78 Å². The van der Waals surface area contributed by atoms with E-state index in [2.05, 4.69) is 0 Å². The van der Waals surface area contributed by atoms with Gasteiger partial charge in [-0.3, -0.25) is 14.9 Å². The number of hydrogen-bond donors (Lipinski definition) is 2. The molecule has 140 valence electrons. The number of nitrogens with zero attached hydrogens (tertiary/aromatic N) is 1. The lowest BCUT2D eigenvalue weighted by atomic mass is 10.0. The molecule has 0 aliphatic heterocycles. The molecule has 0 saturated carbocycles. The van der Waals surface area contributed by atoms with Crippen LogP contribution in [0.5, 0.6) is 0 Å². The van der Waals surface area contributed by atoms with Crippen LogP contribution in [0.25, 0.3) is 6.08 Å². The number of allylic oxidation sites excluding steroid dienone is 1. The van der Waals surface area contributed by atoms with Crippen molar-refractivity contribution in [3.63, 3.8) is 0 Å². The van der Waals surface area contributed by atoms with E-state index in [-0.39, 0.29) is 29.2 Å². The number of nitrogens with two attached hydrogens (primary N) is 1. The second kappa shape index (κ2) is 10.8. The van der Waals surface area contributed by atoms with Gasteiger partial charge >= 0.3 is 5.00 Å². The van der Waals surface area contributed by atoms with Gasteiger partial charge in [-0.2, -0.15) is 0 Å². The van der Waals surface area contributed by atoms with Crippen LogP contribution in [0.4, 0.5) is 5.00 Å². The van der Waals surface area contributed by atoms with Crippen LogP contribution in [0.1, 0.15) is 29.9 Å². The molecule has 0 bridgehead atoms. The van der Waals surface area contributed by atoms with Crippen LogP contribution < -0.4 is 17.7 Å². The highest BCUT2D eigenvalue weighted by atomic mass is 35.5. The Labute approximate surface area is 162 Å². The minimum Gasteiger partial charge on any atom is -1.00 e. The predicted octanol–water partition coefficient (Wildman–Crippen LogP) is -0.682. The van der Waals surface area contributed by atoms with Gasteiger partial charge in [0.1, 0.15) is 12.1 Å². The maximum Gasteiger partial charge on any atom is 0.324 e. The molecule has 0 spiro atoms. The summed E-state index contributed by atoms with van der Waals surface area (Å²) in [4.78, 5) is 22.7. The molecule has 6 nitrogen and oxygen atoms in total. The van der Waals surface area contributed by atoms with Gasteiger partial charge in [-0.1, -0.05) is 41.7 Å². The van der Waals surface area contributed by atoms with Gasteiger partial charge in [0.2, 0.25) is 0 Å². The molecule has 1 aromatic carbocycles. The summed E-state index contributed by atoms with van der Waals surface area (Å²) in [6.07, 6.45) is 2.80. The molecule has 0 saturated heterocycles. The highest BCUT2D eigenvalue weighted by Gasteiger charge is 2.18. The van der Waals surface area contributed by atoms with Gasteiger partial charge < -0.3 is 22.8 Å². The van der Waals surface area contributed by atoms with Crippen molar-refractivity contribution in [1.82, 2.24) is 0 Å². The third kappa shape index (κ3) is 6.68. The Morgan fingerprint density at radius 1 is 1.31 bits per heavy atom. The van der Waals surface area contributed by atoms with E-state index < -0.39 is 11.0 Å². The van der Waals surface area contributed by atoms with Crippen LogP contribution in [0.15, 0.2) is 48.5 Å². The second-order valence-corrected chi connectivity index (χ2v) is 6.82. The first-order valence-corrected chi connectivity index (χ1v) is 8.80. The zero-order valence-electron chi connectivity index (χ0n) is 14.2. The molecule has 1 heterocycles. The number of benzene rings is 1. The summed E-state index contributed by atoms with van der Waals surface area (Å²) in [7, 11) is 0. The number of thiophene rings is 1. The SMILES string of the molecule is CC([NH2+]CCC(=O)/C=C/c1ccc([N+](=O)[O-])s1)C(O)c1ccccc1.[Cl-]. The first-order chi connectivity index (χ1) is 12.0. The van der Waals surface area contributed by atoms with Gasteiger partial charge in [0, 0.05) is 10.9 Å². The average molecular weight is 397 g/mol. The lowest BCUT2D eigenvalue weighted by Gasteiger charge is -2.17. The molecule has 2 aromatic rings. The van der Waals surface area contributed by atoms with E-state index in [9.17, 15) is 20.0 Å². The van der Waals surface area contributed by atoms with Gasteiger partial charge in [0.25, 0.3) is 0 Å². The van der Waals surface area contributed by atoms with E-state index in [1.165, 1.54) is 12.1 Å². The zero-order chi connectivity index (χ0) is 18.2. The van der Waals surface area contributed by atoms with Crippen molar-refractivity contribution in [3.8, 4) is 0 Å². The standard InChI is InChI=1S/C18H20N2O4S.ClH/c1-13(18(22)14-5-3-2-4-6-14)19-12-11-15(21)7-8-16-9-10-17(25-16)20(23)24;/h2-10,13,18-19,22H,11-12H2,1H3;1H/b8-7+;. The molecule has 0 aliphatic carbocycles. The highest BCUT2D eigenvalue weighted by Crippen LogP contribution is 2.24. The lowest BCUT2D eigenvalue weighted by molar-refractivity contribution is -0.693. The van der Waals surface area contributed by atoms with Gasteiger partial charge in [0.05, 0.1) is 17.9 Å². The minimum absolute atomic E-state index is 0. The van der Waals surface area contributed by atoms with E-state index in [1.807, 2.05) is 42.6 Å². The van der Waals surface area contributed by atoms with E-state index in [1.54, 1.807) is 12.1 Å². The third-order valence-electron chi connectivity index (χ3n) is 3.79. The Bertz CT molecular complexity index is 749. The van der Waals surface area contributed by atoms with Crippen molar-refractivity contribution in [2.45, 2.75) is 25.5 Å². The molecule has 0 radical (unpaired) electrons. The number of carbonyl (C=O) groups excluding carboxylic acids is 1. The Hall–Kier alpha value is -2.06. The maximum absolute atomic E-state index is 11.9. The summed E-state index contributed by atoms with van der Waals surface area (Å²) in [6.45, 7) is 2.49. The fraction of sp³-hybridized carbons (Fsp3) is 0.278. The highest BCUT2D eigenvalue weighted by molar-refractivity contribution is 7.16. The molecule has 3 N–H and O–H groups in total. The zero-order valence-corrected chi connectivity index (χ0v) is 15.8. The number of halogens is 1. The average Bonchev–Trinajstić information content (AvgIpc) is 3.09. The number of nitro groups is 1. The van der Waals surface area contributed by atoms with Crippen LogP contribution >= 0.6 is 11.3 Å². The van der Waals surface area contributed by atoms with E-state index in [0.717, 1.165) is 16.9 Å². The topological polar surface area (TPSA) is 97.0 Å². The summed E-state index contributed by atoms with van der Waals surface area (Å²) in [6, 6.07) is 12.4. The summed E-state index contributed by atoms with van der Waals surface area (Å²) >= 11 is 1.03. The Kier molecular flexibility index (Phi) is 9.15. The lowest BCUT2D eigenvalue weighted by Crippen LogP contribution is -3.00. The number of carbonyl (C=O) groups is 1. The molecule has 0 amide bonds. The number of aliphatic hydroxyl groups excluding tert-OH is 1. The fourth-order valence-electron chi connectivity index (χ4n) is 2.36. The molecule has 0 aliphatic rings. The summed E-state index contributed by atoms with van der Waals surface area (Å²) in [5.41, 5.74) is 0.858. The number of ketones is 1.